The molecule has 0 saturated heterocycles. The van der Waals surface area contributed by atoms with Gasteiger partial charge in [0.25, 0.3) is 0 Å². The van der Waals surface area contributed by atoms with Crippen LogP contribution in [0.25, 0.3) is 0 Å². The van der Waals surface area contributed by atoms with E-state index in [0.717, 1.165) is 4.88 Å². The summed E-state index contributed by atoms with van der Waals surface area (Å²) in [7, 11) is 0. The summed E-state index contributed by atoms with van der Waals surface area (Å²) >= 11 is 1.58. The minimum atomic E-state index is -1.01. The molecular weight excluding hydrogens is 242 g/mol. The molecule has 0 bridgehead atoms. The van der Waals surface area contributed by atoms with E-state index in [-0.39, 0.29) is 6.54 Å². The number of carboxylic acid groups (broad SMARTS) is 2. The molecule has 0 aliphatic carbocycles. The van der Waals surface area contributed by atoms with Crippen molar-refractivity contribution in [3.05, 3.63) is 22.4 Å². The van der Waals surface area contributed by atoms with Crippen LogP contribution >= 0.6 is 11.3 Å². The standard InChI is InChI=1S/C11H15NO4S/c1-8(11(15)16)12(7-10(13)14)5-4-9-3-2-6-17-9/h2-3,6,8H,4-5,7H2,1H3,(H,13,14)(H,15,16)/t8-/m1/s1. The molecule has 0 spiro atoms. The normalized spacial score (nSPS) is 12.6. The fraction of sp³-hybridized carbons (Fsp3) is 0.455. The Labute approximate surface area is 103 Å². The number of hydrogen-bond donors (Lipinski definition) is 2. The molecular formula is C11H15NO4S. The highest BCUT2D eigenvalue weighted by Gasteiger charge is 2.22. The minimum Gasteiger partial charge on any atom is -0.480 e. The van der Waals surface area contributed by atoms with E-state index in [0.29, 0.717) is 13.0 Å². The third-order valence-electron chi connectivity index (χ3n) is 2.47. The monoisotopic (exact) mass is 257 g/mol. The van der Waals surface area contributed by atoms with E-state index in [2.05, 4.69) is 0 Å². The first-order valence-electron chi connectivity index (χ1n) is 5.21. The van der Waals surface area contributed by atoms with Crippen LogP contribution < -0.4 is 0 Å². The highest BCUT2D eigenvalue weighted by atomic mass is 32.1. The summed E-state index contributed by atoms with van der Waals surface area (Å²) in [5.74, 6) is -2.01. The van der Waals surface area contributed by atoms with Gasteiger partial charge in [-0.25, -0.2) is 0 Å². The summed E-state index contributed by atoms with van der Waals surface area (Å²) in [6.07, 6.45) is 0.669. The molecule has 5 nitrogen and oxygen atoms in total. The van der Waals surface area contributed by atoms with Crippen molar-refractivity contribution in [2.24, 2.45) is 0 Å². The molecule has 0 fully saturated rings. The molecule has 0 amide bonds. The van der Waals surface area contributed by atoms with Crippen LogP contribution in [-0.4, -0.2) is 46.2 Å². The molecule has 0 aliphatic rings. The number of rotatable bonds is 7. The lowest BCUT2D eigenvalue weighted by atomic mass is 10.2. The highest BCUT2D eigenvalue weighted by Crippen LogP contribution is 2.11. The molecule has 1 rings (SSSR count). The van der Waals surface area contributed by atoms with Crippen molar-refractivity contribution in [2.45, 2.75) is 19.4 Å². The van der Waals surface area contributed by atoms with Crippen LogP contribution in [0.5, 0.6) is 0 Å². The molecule has 94 valence electrons. The number of nitrogens with zero attached hydrogens (tertiary/aromatic N) is 1. The Morgan fingerprint density at radius 1 is 1.47 bits per heavy atom. The molecule has 17 heavy (non-hydrogen) atoms. The first kappa shape index (κ1) is 13.7. The van der Waals surface area contributed by atoms with E-state index in [1.54, 1.807) is 11.3 Å². The fourth-order valence-electron chi connectivity index (χ4n) is 1.45. The van der Waals surface area contributed by atoms with Crippen LogP contribution in [0.15, 0.2) is 17.5 Å². The van der Waals surface area contributed by atoms with Crippen molar-refractivity contribution < 1.29 is 19.8 Å². The van der Waals surface area contributed by atoms with Gasteiger partial charge in [-0.1, -0.05) is 6.07 Å². The first-order chi connectivity index (χ1) is 8.00. The number of aliphatic carboxylic acids is 2. The van der Waals surface area contributed by atoms with Gasteiger partial charge in [0.05, 0.1) is 6.54 Å². The van der Waals surface area contributed by atoms with E-state index in [4.69, 9.17) is 10.2 Å². The Bertz CT molecular complexity index is 377. The number of carboxylic acids is 2. The molecule has 6 heteroatoms. The number of carbonyl (C=O) groups is 2. The maximum atomic E-state index is 10.9. The van der Waals surface area contributed by atoms with E-state index in [1.165, 1.54) is 11.8 Å². The Morgan fingerprint density at radius 2 is 2.18 bits per heavy atom. The Balaban J connectivity index is 2.57. The van der Waals surface area contributed by atoms with Crippen LogP contribution in [0.2, 0.25) is 0 Å². The van der Waals surface area contributed by atoms with Gasteiger partial charge in [0, 0.05) is 11.4 Å². The molecule has 1 aromatic heterocycles. The van der Waals surface area contributed by atoms with Crippen molar-refractivity contribution in [1.29, 1.82) is 0 Å². The van der Waals surface area contributed by atoms with Crippen LogP contribution in [0.1, 0.15) is 11.8 Å². The first-order valence-corrected chi connectivity index (χ1v) is 6.09. The second-order valence-corrected chi connectivity index (χ2v) is 4.74. The maximum absolute atomic E-state index is 10.9. The molecule has 1 heterocycles. The summed E-state index contributed by atoms with van der Waals surface area (Å²) in [5, 5.41) is 19.6. The summed E-state index contributed by atoms with van der Waals surface area (Å²) in [6, 6.07) is 3.09. The van der Waals surface area contributed by atoms with Crippen molar-refractivity contribution in [1.82, 2.24) is 4.90 Å². The van der Waals surface area contributed by atoms with E-state index < -0.39 is 18.0 Å². The van der Waals surface area contributed by atoms with Crippen molar-refractivity contribution in [3.8, 4) is 0 Å². The lowest BCUT2D eigenvalue weighted by Gasteiger charge is -2.23. The predicted octanol–water partition coefficient (Wildman–Crippen LogP) is 1.15. The van der Waals surface area contributed by atoms with Gasteiger partial charge in [-0.05, 0) is 24.8 Å². The lowest BCUT2D eigenvalue weighted by molar-refractivity contribution is -0.145. The molecule has 0 saturated carbocycles. The smallest absolute Gasteiger partial charge is 0.320 e. The third kappa shape index (κ3) is 4.54. The van der Waals surface area contributed by atoms with Crippen molar-refractivity contribution >= 4 is 23.3 Å². The summed E-state index contributed by atoms with van der Waals surface area (Å²) in [5.41, 5.74) is 0. The van der Waals surface area contributed by atoms with Gasteiger partial charge < -0.3 is 10.2 Å². The van der Waals surface area contributed by atoms with Gasteiger partial charge in [0.2, 0.25) is 0 Å². The number of hydrogen-bond acceptors (Lipinski definition) is 4. The Morgan fingerprint density at radius 3 is 2.65 bits per heavy atom. The number of thiophene rings is 1. The van der Waals surface area contributed by atoms with Crippen LogP contribution in [-0.2, 0) is 16.0 Å². The summed E-state index contributed by atoms with van der Waals surface area (Å²) < 4.78 is 0. The van der Waals surface area contributed by atoms with Crippen molar-refractivity contribution in [3.63, 3.8) is 0 Å². The third-order valence-corrected chi connectivity index (χ3v) is 3.41. The predicted molar refractivity (Wildman–Crippen MR) is 64.3 cm³/mol. The average Bonchev–Trinajstić information content (AvgIpc) is 2.75. The zero-order valence-electron chi connectivity index (χ0n) is 9.50. The quantitative estimate of drug-likeness (QED) is 0.766. The van der Waals surface area contributed by atoms with Gasteiger partial charge in [0.15, 0.2) is 0 Å². The topological polar surface area (TPSA) is 77.8 Å². The molecule has 0 unspecified atom stereocenters. The second-order valence-electron chi connectivity index (χ2n) is 3.71. The van der Waals surface area contributed by atoms with E-state index in [1.807, 2.05) is 17.5 Å². The molecule has 2 N–H and O–H groups in total. The fourth-order valence-corrected chi connectivity index (χ4v) is 2.15. The maximum Gasteiger partial charge on any atom is 0.320 e. The Hall–Kier alpha value is -1.40. The van der Waals surface area contributed by atoms with Gasteiger partial charge in [-0.2, -0.15) is 0 Å². The van der Waals surface area contributed by atoms with Gasteiger partial charge in [-0.15, -0.1) is 11.3 Å². The summed E-state index contributed by atoms with van der Waals surface area (Å²) in [6.45, 7) is 1.68. The lowest BCUT2D eigenvalue weighted by Crippen LogP contribution is -2.43. The highest BCUT2D eigenvalue weighted by molar-refractivity contribution is 7.09. The molecule has 0 radical (unpaired) electrons. The van der Waals surface area contributed by atoms with Crippen LogP contribution in [0.3, 0.4) is 0 Å². The van der Waals surface area contributed by atoms with E-state index >= 15 is 0 Å². The summed E-state index contributed by atoms with van der Waals surface area (Å²) in [4.78, 5) is 24.1. The largest absolute Gasteiger partial charge is 0.480 e. The zero-order chi connectivity index (χ0) is 12.8. The van der Waals surface area contributed by atoms with Crippen molar-refractivity contribution in [2.75, 3.05) is 13.1 Å². The zero-order valence-corrected chi connectivity index (χ0v) is 10.3. The molecule has 0 aliphatic heterocycles. The average molecular weight is 257 g/mol. The van der Waals surface area contributed by atoms with Gasteiger partial charge >= 0.3 is 11.9 Å². The second kappa shape index (κ2) is 6.36. The van der Waals surface area contributed by atoms with Gasteiger partial charge in [0.1, 0.15) is 6.04 Å². The molecule has 1 aromatic rings. The van der Waals surface area contributed by atoms with E-state index in [9.17, 15) is 9.59 Å². The van der Waals surface area contributed by atoms with Crippen LogP contribution in [0, 0.1) is 0 Å². The minimum absolute atomic E-state index is 0.251. The molecule has 0 aromatic carbocycles. The SMILES string of the molecule is C[C@H](C(=O)O)N(CCc1cccs1)CC(=O)O. The Kier molecular flexibility index (Phi) is 5.11. The van der Waals surface area contributed by atoms with Gasteiger partial charge in [-0.3, -0.25) is 14.5 Å². The molecule has 1 atom stereocenters. The van der Waals surface area contributed by atoms with Crippen LogP contribution in [0.4, 0.5) is 0 Å².